The summed E-state index contributed by atoms with van der Waals surface area (Å²) in [6, 6.07) is 10.4. The van der Waals surface area contributed by atoms with Gasteiger partial charge >= 0.3 is 0 Å². The monoisotopic (exact) mass is 430 g/mol. The summed E-state index contributed by atoms with van der Waals surface area (Å²) in [5.41, 5.74) is 1.20. The average Bonchev–Trinajstić information content (AvgIpc) is 3.30. The maximum Gasteiger partial charge on any atom is 0.190 e. The molecule has 1 aliphatic rings. The molecule has 0 amide bonds. The number of hydrogen-bond donors (Lipinski definition) is 2. The summed E-state index contributed by atoms with van der Waals surface area (Å²) in [6.07, 6.45) is 3.37. The Morgan fingerprint density at radius 3 is 2.60 bits per heavy atom. The highest BCUT2D eigenvalue weighted by Gasteiger charge is 2.19. The number of aliphatic imine (C=N–C) groups is 1. The molecule has 0 aliphatic carbocycles. The van der Waals surface area contributed by atoms with Crippen molar-refractivity contribution in [2.75, 3.05) is 47.4 Å². The summed E-state index contributed by atoms with van der Waals surface area (Å²) in [5, 5.41) is 9.09. The minimum Gasteiger partial charge on any atom is -0.493 e. The number of benzene rings is 1. The summed E-state index contributed by atoms with van der Waals surface area (Å²) in [5.74, 6) is 3.10. The van der Waals surface area contributed by atoms with E-state index in [-0.39, 0.29) is 0 Å². The second kappa shape index (κ2) is 11.8. The van der Waals surface area contributed by atoms with Crippen molar-refractivity contribution < 1.29 is 9.47 Å². The van der Waals surface area contributed by atoms with E-state index < -0.39 is 0 Å². The van der Waals surface area contributed by atoms with Gasteiger partial charge in [-0.15, -0.1) is 11.3 Å². The Bertz CT molecular complexity index is 787. The highest BCUT2D eigenvalue weighted by atomic mass is 32.1. The Morgan fingerprint density at radius 2 is 1.93 bits per heavy atom. The Hall–Kier alpha value is -2.25. The van der Waals surface area contributed by atoms with Gasteiger partial charge in [-0.1, -0.05) is 12.1 Å². The first-order valence-corrected chi connectivity index (χ1v) is 11.5. The van der Waals surface area contributed by atoms with Gasteiger partial charge in [-0.25, -0.2) is 0 Å². The highest BCUT2D eigenvalue weighted by Crippen LogP contribution is 2.27. The third-order valence-corrected chi connectivity index (χ3v) is 6.46. The summed E-state index contributed by atoms with van der Waals surface area (Å²) < 4.78 is 10.7. The summed E-state index contributed by atoms with van der Waals surface area (Å²) in [7, 11) is 5.15. The fourth-order valence-electron chi connectivity index (χ4n) is 3.79. The topological polar surface area (TPSA) is 58.1 Å². The number of guanidine groups is 1. The predicted octanol–water partition coefficient (Wildman–Crippen LogP) is 3.39. The Kier molecular flexibility index (Phi) is 8.83. The number of hydrogen-bond acceptors (Lipinski definition) is 5. The zero-order valence-electron chi connectivity index (χ0n) is 18.3. The maximum atomic E-state index is 5.38. The molecule has 30 heavy (non-hydrogen) atoms. The predicted molar refractivity (Wildman–Crippen MR) is 125 cm³/mol. The standard InChI is InChI=1S/C23H34N4O2S/c1-24-23(25-11-8-18-6-7-21(28-2)22(15-18)29-3)26-16-19-9-12-27(13-10-19)17-20-5-4-14-30-20/h4-7,14-15,19H,8-13,16-17H2,1-3H3,(H2,24,25,26). The van der Waals surface area contributed by atoms with Crippen molar-refractivity contribution in [3.8, 4) is 11.5 Å². The normalized spacial score (nSPS) is 15.8. The number of ether oxygens (including phenoxy) is 2. The van der Waals surface area contributed by atoms with Gasteiger partial charge in [0.25, 0.3) is 0 Å². The van der Waals surface area contributed by atoms with E-state index in [9.17, 15) is 0 Å². The maximum absolute atomic E-state index is 5.38. The number of likely N-dealkylation sites (tertiary alicyclic amines) is 1. The van der Waals surface area contributed by atoms with Crippen LogP contribution in [0.15, 0.2) is 40.7 Å². The molecule has 7 heteroatoms. The van der Waals surface area contributed by atoms with Crippen LogP contribution in [0.1, 0.15) is 23.3 Å². The molecule has 1 aliphatic heterocycles. The lowest BCUT2D eigenvalue weighted by atomic mass is 9.97. The second-order valence-corrected chi connectivity index (χ2v) is 8.65. The van der Waals surface area contributed by atoms with Gasteiger partial charge in [0.05, 0.1) is 14.2 Å². The van der Waals surface area contributed by atoms with Crippen molar-refractivity contribution in [3.05, 3.63) is 46.2 Å². The highest BCUT2D eigenvalue weighted by molar-refractivity contribution is 7.09. The molecule has 6 nitrogen and oxygen atoms in total. The van der Waals surface area contributed by atoms with E-state index in [1.165, 1.54) is 36.4 Å². The van der Waals surface area contributed by atoms with E-state index >= 15 is 0 Å². The molecule has 3 rings (SSSR count). The number of thiophene rings is 1. The molecule has 1 aromatic carbocycles. The van der Waals surface area contributed by atoms with Crippen LogP contribution < -0.4 is 20.1 Å². The molecule has 0 bridgehead atoms. The average molecular weight is 431 g/mol. The van der Waals surface area contributed by atoms with Crippen LogP contribution in [-0.4, -0.2) is 58.3 Å². The van der Waals surface area contributed by atoms with Gasteiger partial charge in [0.15, 0.2) is 17.5 Å². The van der Waals surface area contributed by atoms with E-state index in [4.69, 9.17) is 9.47 Å². The van der Waals surface area contributed by atoms with Crippen LogP contribution in [0.3, 0.4) is 0 Å². The number of piperidine rings is 1. The molecule has 164 valence electrons. The third kappa shape index (κ3) is 6.64. The van der Waals surface area contributed by atoms with Crippen LogP contribution in [0.5, 0.6) is 11.5 Å². The first-order valence-electron chi connectivity index (χ1n) is 10.6. The molecule has 2 N–H and O–H groups in total. The van der Waals surface area contributed by atoms with Crippen LogP contribution in [0, 0.1) is 5.92 Å². The minimum atomic E-state index is 0.703. The minimum absolute atomic E-state index is 0.703. The van der Waals surface area contributed by atoms with Gasteiger partial charge in [0.2, 0.25) is 0 Å². The van der Waals surface area contributed by atoms with Crippen molar-refractivity contribution in [2.24, 2.45) is 10.9 Å². The lowest BCUT2D eigenvalue weighted by Gasteiger charge is -2.32. The molecular formula is C23H34N4O2S. The van der Waals surface area contributed by atoms with Crippen molar-refractivity contribution in [2.45, 2.75) is 25.8 Å². The van der Waals surface area contributed by atoms with E-state index in [2.05, 4.69) is 44.1 Å². The number of rotatable bonds is 9. The first kappa shape index (κ1) is 22.4. The lowest BCUT2D eigenvalue weighted by molar-refractivity contribution is 0.179. The summed E-state index contributed by atoms with van der Waals surface area (Å²) in [6.45, 7) is 5.24. The fraction of sp³-hybridized carbons (Fsp3) is 0.522. The fourth-order valence-corrected chi connectivity index (χ4v) is 4.54. The van der Waals surface area contributed by atoms with E-state index in [1.807, 2.05) is 30.5 Å². The molecule has 0 unspecified atom stereocenters. The van der Waals surface area contributed by atoms with Gasteiger partial charge in [0, 0.05) is 31.6 Å². The Morgan fingerprint density at radius 1 is 1.13 bits per heavy atom. The first-order chi connectivity index (χ1) is 14.7. The zero-order chi connectivity index (χ0) is 21.2. The van der Waals surface area contributed by atoms with Crippen molar-refractivity contribution >= 4 is 17.3 Å². The van der Waals surface area contributed by atoms with E-state index in [1.54, 1.807) is 14.2 Å². The summed E-state index contributed by atoms with van der Waals surface area (Å²) in [4.78, 5) is 8.40. The number of methoxy groups -OCH3 is 2. The van der Waals surface area contributed by atoms with E-state index in [0.29, 0.717) is 5.92 Å². The SMILES string of the molecule is CN=C(NCCc1ccc(OC)c(OC)c1)NCC1CCN(Cc2cccs2)CC1. The smallest absolute Gasteiger partial charge is 0.190 e. The molecule has 0 atom stereocenters. The van der Waals surface area contributed by atoms with Crippen LogP contribution in [-0.2, 0) is 13.0 Å². The van der Waals surface area contributed by atoms with Gasteiger partial charge in [0.1, 0.15) is 0 Å². The Labute approximate surface area is 184 Å². The van der Waals surface area contributed by atoms with Gasteiger partial charge in [-0.05, 0) is 67.4 Å². The quantitative estimate of drug-likeness (QED) is 0.472. The van der Waals surface area contributed by atoms with Gasteiger partial charge in [-0.2, -0.15) is 0 Å². The summed E-state index contributed by atoms with van der Waals surface area (Å²) >= 11 is 1.85. The molecule has 1 fully saturated rings. The van der Waals surface area contributed by atoms with Crippen LogP contribution in [0.25, 0.3) is 0 Å². The lowest BCUT2D eigenvalue weighted by Crippen LogP contribution is -2.43. The molecule has 1 aromatic heterocycles. The second-order valence-electron chi connectivity index (χ2n) is 7.62. The molecule has 0 saturated carbocycles. The molecule has 0 radical (unpaired) electrons. The Balaban J connectivity index is 1.35. The van der Waals surface area contributed by atoms with E-state index in [0.717, 1.165) is 43.5 Å². The van der Waals surface area contributed by atoms with Gasteiger partial charge in [-0.3, -0.25) is 9.89 Å². The third-order valence-electron chi connectivity index (χ3n) is 5.60. The van der Waals surface area contributed by atoms with Crippen LogP contribution in [0.2, 0.25) is 0 Å². The van der Waals surface area contributed by atoms with Crippen LogP contribution >= 0.6 is 11.3 Å². The van der Waals surface area contributed by atoms with Crippen LogP contribution in [0.4, 0.5) is 0 Å². The zero-order valence-corrected chi connectivity index (χ0v) is 19.1. The molecular weight excluding hydrogens is 396 g/mol. The van der Waals surface area contributed by atoms with Crippen molar-refractivity contribution in [1.82, 2.24) is 15.5 Å². The number of nitrogens with one attached hydrogen (secondary N) is 2. The van der Waals surface area contributed by atoms with Gasteiger partial charge < -0.3 is 20.1 Å². The van der Waals surface area contributed by atoms with Crippen molar-refractivity contribution in [3.63, 3.8) is 0 Å². The largest absolute Gasteiger partial charge is 0.493 e. The molecule has 0 spiro atoms. The molecule has 1 saturated heterocycles. The van der Waals surface area contributed by atoms with Crippen molar-refractivity contribution in [1.29, 1.82) is 0 Å². The number of nitrogens with zero attached hydrogens (tertiary/aromatic N) is 2. The molecule has 2 heterocycles. The molecule has 2 aromatic rings.